The van der Waals surface area contributed by atoms with Crippen LogP contribution in [0.4, 0.5) is 0 Å². The molecule has 0 radical (unpaired) electrons. The number of rotatable bonds is 6. The summed E-state index contributed by atoms with van der Waals surface area (Å²) >= 11 is 0. The Balaban J connectivity index is 2.76. The van der Waals surface area contributed by atoms with Crippen LogP contribution in [0, 0.1) is 0 Å². The number of esters is 1. The standard InChI is InChI=1S/C15H22O4/c1-10(2)18-14(15(17)19-11(3)4)9-12-6-5-7-13(16)8-12/h5-8,10-11,14,16H,9H2,1-4H3. The summed E-state index contributed by atoms with van der Waals surface area (Å²) in [7, 11) is 0. The molecule has 0 aliphatic rings. The van der Waals surface area contributed by atoms with E-state index in [4.69, 9.17) is 9.47 Å². The molecule has 0 aromatic heterocycles. The number of phenols is 1. The van der Waals surface area contributed by atoms with Crippen molar-refractivity contribution in [2.45, 2.75) is 52.4 Å². The quantitative estimate of drug-likeness (QED) is 0.804. The maximum absolute atomic E-state index is 12.0. The van der Waals surface area contributed by atoms with E-state index in [1.54, 1.807) is 32.0 Å². The molecule has 0 heterocycles. The van der Waals surface area contributed by atoms with Crippen molar-refractivity contribution in [3.63, 3.8) is 0 Å². The number of benzene rings is 1. The number of phenolic OH excluding ortho intramolecular Hbond substituents is 1. The van der Waals surface area contributed by atoms with Gasteiger partial charge in [0, 0.05) is 6.42 Å². The lowest BCUT2D eigenvalue weighted by Gasteiger charge is -2.20. The molecule has 0 spiro atoms. The van der Waals surface area contributed by atoms with Gasteiger partial charge in [-0.3, -0.25) is 0 Å². The monoisotopic (exact) mass is 266 g/mol. The van der Waals surface area contributed by atoms with Crippen LogP contribution in [0.5, 0.6) is 5.75 Å². The van der Waals surface area contributed by atoms with E-state index in [0.717, 1.165) is 5.56 Å². The Morgan fingerprint density at radius 3 is 2.42 bits per heavy atom. The zero-order valence-corrected chi connectivity index (χ0v) is 11.9. The molecule has 106 valence electrons. The molecular formula is C15H22O4. The highest BCUT2D eigenvalue weighted by Gasteiger charge is 2.23. The first-order valence-corrected chi connectivity index (χ1v) is 6.52. The highest BCUT2D eigenvalue weighted by Crippen LogP contribution is 2.15. The first-order valence-electron chi connectivity index (χ1n) is 6.52. The van der Waals surface area contributed by atoms with Crippen molar-refractivity contribution >= 4 is 5.97 Å². The summed E-state index contributed by atoms with van der Waals surface area (Å²) in [6, 6.07) is 6.80. The molecule has 0 fully saturated rings. The molecule has 19 heavy (non-hydrogen) atoms. The normalized spacial score (nSPS) is 12.7. The summed E-state index contributed by atoms with van der Waals surface area (Å²) < 4.78 is 10.8. The zero-order valence-electron chi connectivity index (χ0n) is 11.9. The third-order valence-corrected chi connectivity index (χ3v) is 2.38. The van der Waals surface area contributed by atoms with Crippen molar-refractivity contribution in [3.05, 3.63) is 29.8 Å². The van der Waals surface area contributed by atoms with Crippen molar-refractivity contribution in [1.29, 1.82) is 0 Å². The van der Waals surface area contributed by atoms with Gasteiger partial charge >= 0.3 is 5.97 Å². The van der Waals surface area contributed by atoms with Gasteiger partial charge < -0.3 is 14.6 Å². The van der Waals surface area contributed by atoms with Crippen molar-refractivity contribution in [2.24, 2.45) is 0 Å². The second kappa shape index (κ2) is 7.14. The largest absolute Gasteiger partial charge is 0.508 e. The highest BCUT2D eigenvalue weighted by atomic mass is 16.6. The minimum absolute atomic E-state index is 0.0676. The second-order valence-corrected chi connectivity index (χ2v) is 5.03. The summed E-state index contributed by atoms with van der Waals surface area (Å²) in [6.07, 6.45) is -0.501. The molecule has 0 saturated heterocycles. The van der Waals surface area contributed by atoms with Gasteiger partial charge in [0.1, 0.15) is 5.75 Å². The maximum atomic E-state index is 12.0. The fourth-order valence-corrected chi connectivity index (χ4v) is 1.72. The minimum atomic E-state index is -0.649. The Morgan fingerprint density at radius 2 is 1.89 bits per heavy atom. The van der Waals surface area contributed by atoms with Gasteiger partial charge in [-0.2, -0.15) is 0 Å². The number of aromatic hydroxyl groups is 1. The molecule has 0 aliphatic carbocycles. The summed E-state index contributed by atoms with van der Waals surface area (Å²) in [5, 5.41) is 9.43. The van der Waals surface area contributed by atoms with Gasteiger partial charge in [-0.1, -0.05) is 12.1 Å². The number of carbonyl (C=O) groups excluding carboxylic acids is 1. The molecule has 1 aromatic rings. The van der Waals surface area contributed by atoms with Gasteiger partial charge in [0.05, 0.1) is 12.2 Å². The summed E-state index contributed by atoms with van der Waals surface area (Å²) in [4.78, 5) is 12.0. The average molecular weight is 266 g/mol. The number of hydrogen-bond acceptors (Lipinski definition) is 4. The number of carbonyl (C=O) groups is 1. The number of ether oxygens (including phenoxy) is 2. The molecule has 1 aromatic carbocycles. The highest BCUT2D eigenvalue weighted by molar-refractivity contribution is 5.75. The van der Waals surface area contributed by atoms with Crippen molar-refractivity contribution in [1.82, 2.24) is 0 Å². The van der Waals surface area contributed by atoms with E-state index in [-0.39, 0.29) is 23.9 Å². The SMILES string of the molecule is CC(C)OC(=O)C(Cc1cccc(O)c1)OC(C)C. The molecule has 0 aliphatic heterocycles. The molecule has 1 rings (SSSR count). The van der Waals surface area contributed by atoms with Crippen LogP contribution in [0.25, 0.3) is 0 Å². The van der Waals surface area contributed by atoms with E-state index in [9.17, 15) is 9.90 Å². The molecule has 1 unspecified atom stereocenters. The fourth-order valence-electron chi connectivity index (χ4n) is 1.72. The molecule has 1 N–H and O–H groups in total. The van der Waals surface area contributed by atoms with E-state index >= 15 is 0 Å². The van der Waals surface area contributed by atoms with Crippen LogP contribution >= 0.6 is 0 Å². The van der Waals surface area contributed by atoms with Crippen molar-refractivity contribution in [2.75, 3.05) is 0 Å². The maximum Gasteiger partial charge on any atom is 0.335 e. The third-order valence-electron chi connectivity index (χ3n) is 2.38. The van der Waals surface area contributed by atoms with E-state index in [0.29, 0.717) is 6.42 Å². The Morgan fingerprint density at radius 1 is 1.21 bits per heavy atom. The van der Waals surface area contributed by atoms with E-state index in [1.807, 2.05) is 19.9 Å². The fraction of sp³-hybridized carbons (Fsp3) is 0.533. The van der Waals surface area contributed by atoms with Crippen LogP contribution in [0.1, 0.15) is 33.3 Å². The second-order valence-electron chi connectivity index (χ2n) is 5.03. The number of hydrogen-bond donors (Lipinski definition) is 1. The van der Waals surface area contributed by atoms with Gasteiger partial charge in [0.15, 0.2) is 6.10 Å². The van der Waals surface area contributed by atoms with E-state index in [2.05, 4.69) is 0 Å². The van der Waals surface area contributed by atoms with E-state index < -0.39 is 6.10 Å². The molecule has 0 saturated carbocycles. The Hall–Kier alpha value is -1.55. The van der Waals surface area contributed by atoms with Crippen molar-refractivity contribution < 1.29 is 19.4 Å². The lowest BCUT2D eigenvalue weighted by Crippen LogP contribution is -2.32. The summed E-state index contributed by atoms with van der Waals surface area (Å²) in [5.74, 6) is -0.190. The lowest BCUT2D eigenvalue weighted by molar-refractivity contribution is -0.163. The van der Waals surface area contributed by atoms with Gasteiger partial charge in [-0.05, 0) is 45.4 Å². The van der Waals surface area contributed by atoms with E-state index in [1.165, 1.54) is 0 Å². The molecule has 4 nitrogen and oxygen atoms in total. The average Bonchev–Trinajstić information content (AvgIpc) is 2.26. The molecular weight excluding hydrogens is 244 g/mol. The first-order chi connectivity index (χ1) is 8.88. The van der Waals surface area contributed by atoms with Crippen LogP contribution in [0.3, 0.4) is 0 Å². The first kappa shape index (κ1) is 15.5. The Labute approximate surface area is 114 Å². The summed E-state index contributed by atoms with van der Waals surface area (Å²) in [6.45, 7) is 7.35. The molecule has 1 atom stereocenters. The summed E-state index contributed by atoms with van der Waals surface area (Å²) in [5.41, 5.74) is 0.839. The van der Waals surface area contributed by atoms with Crippen LogP contribution in [0.15, 0.2) is 24.3 Å². The smallest absolute Gasteiger partial charge is 0.335 e. The topological polar surface area (TPSA) is 55.8 Å². The van der Waals surface area contributed by atoms with Crippen molar-refractivity contribution in [3.8, 4) is 5.75 Å². The predicted octanol–water partition coefficient (Wildman–Crippen LogP) is 2.68. The van der Waals surface area contributed by atoms with Crippen LogP contribution in [-0.4, -0.2) is 29.4 Å². The van der Waals surface area contributed by atoms with Gasteiger partial charge in [0.25, 0.3) is 0 Å². The third kappa shape index (κ3) is 5.75. The predicted molar refractivity (Wildman–Crippen MR) is 73.0 cm³/mol. The van der Waals surface area contributed by atoms with Crippen LogP contribution in [-0.2, 0) is 20.7 Å². The molecule has 0 amide bonds. The minimum Gasteiger partial charge on any atom is -0.508 e. The van der Waals surface area contributed by atoms with Gasteiger partial charge in [0.2, 0.25) is 0 Å². The van der Waals surface area contributed by atoms with Gasteiger partial charge in [-0.15, -0.1) is 0 Å². The molecule has 0 bridgehead atoms. The van der Waals surface area contributed by atoms with Gasteiger partial charge in [-0.25, -0.2) is 4.79 Å². The molecule has 4 heteroatoms. The zero-order chi connectivity index (χ0) is 14.4. The Kier molecular flexibility index (Phi) is 5.83. The lowest BCUT2D eigenvalue weighted by atomic mass is 10.1. The van der Waals surface area contributed by atoms with Crippen LogP contribution in [0.2, 0.25) is 0 Å². The van der Waals surface area contributed by atoms with Crippen LogP contribution < -0.4 is 0 Å². The Bertz CT molecular complexity index is 412.